The number of halogens is 4. The molecule has 1 heterocycles. The Hall–Kier alpha value is -4.04. The number of hydrogen-bond donors (Lipinski definition) is 3. The molecule has 1 aliphatic heterocycles. The minimum atomic E-state index is -5.90. The molecule has 38 heavy (non-hydrogen) atoms. The molecule has 0 aromatic heterocycles. The first-order valence-corrected chi connectivity index (χ1v) is 12.5. The molecular weight excluding hydrogens is 530 g/mol. The van der Waals surface area contributed by atoms with Crippen LogP contribution in [0.1, 0.15) is 24.5 Å². The first kappa shape index (κ1) is 27.0. The maximum absolute atomic E-state index is 14.0. The standard InChI is InChI=1S/C24H21F4N5O4S/c1-14-9-10-17(12-19(14)25)33-22(35)21(15(2)30-33)29-31-23(32-38(36,37)24(26,27)28)11-5-6-16(13-23)18-7-3-4-8-20(18)34/h3-12,31-32,34H,13H2,1-2H3/b29-21-. The third-order valence-electron chi connectivity index (χ3n) is 5.77. The van der Waals surface area contributed by atoms with Gasteiger partial charge in [0.05, 0.1) is 11.4 Å². The van der Waals surface area contributed by atoms with E-state index in [1.807, 2.05) is 0 Å². The summed E-state index contributed by atoms with van der Waals surface area (Å²) in [7, 11) is -5.90. The Morgan fingerprint density at radius 3 is 2.53 bits per heavy atom. The fraction of sp³-hybridized carbons (Fsp3) is 0.208. The van der Waals surface area contributed by atoms with Crippen LogP contribution in [0, 0.1) is 12.7 Å². The average Bonchev–Trinajstić information content (AvgIpc) is 3.12. The lowest BCUT2D eigenvalue weighted by Gasteiger charge is -2.34. The third-order valence-corrected chi connectivity index (χ3v) is 7.02. The van der Waals surface area contributed by atoms with Gasteiger partial charge >= 0.3 is 21.4 Å². The third kappa shape index (κ3) is 5.17. The number of aryl methyl sites for hydroxylation is 1. The molecule has 2 aliphatic rings. The molecule has 0 fully saturated rings. The molecule has 1 amide bonds. The molecule has 2 aromatic carbocycles. The van der Waals surface area contributed by atoms with Gasteiger partial charge in [0.1, 0.15) is 17.2 Å². The highest BCUT2D eigenvalue weighted by Gasteiger charge is 2.50. The predicted octanol–water partition coefficient (Wildman–Crippen LogP) is 3.69. The molecule has 0 bridgehead atoms. The number of allylic oxidation sites excluding steroid dienone is 2. The minimum absolute atomic E-state index is 0.0496. The lowest BCUT2D eigenvalue weighted by molar-refractivity contribution is -0.112. The average molecular weight is 552 g/mol. The summed E-state index contributed by atoms with van der Waals surface area (Å²) in [4.78, 5) is 13.0. The molecule has 2 aromatic rings. The number of para-hydroxylation sites is 1. The van der Waals surface area contributed by atoms with Gasteiger partial charge in [0.15, 0.2) is 5.71 Å². The molecule has 14 heteroatoms. The van der Waals surface area contributed by atoms with E-state index in [4.69, 9.17) is 0 Å². The van der Waals surface area contributed by atoms with Crippen LogP contribution in [-0.4, -0.2) is 42.0 Å². The lowest BCUT2D eigenvalue weighted by atomic mass is 9.90. The Bertz CT molecular complexity index is 1530. The van der Waals surface area contributed by atoms with E-state index in [9.17, 15) is 35.9 Å². The topological polar surface area (TPSA) is 123 Å². The SMILES string of the molecule is CC1=NN(c2ccc(C)c(F)c2)C(=O)/C1=N\NC1(NS(=O)(=O)C(F)(F)F)C=CC=C(c2ccccc2O)C1. The smallest absolute Gasteiger partial charge is 0.507 e. The monoisotopic (exact) mass is 551 g/mol. The molecule has 1 aliphatic carbocycles. The van der Waals surface area contributed by atoms with E-state index < -0.39 is 39.3 Å². The van der Waals surface area contributed by atoms with Crippen molar-refractivity contribution in [2.45, 2.75) is 31.4 Å². The molecule has 3 N–H and O–H groups in total. The number of phenols is 1. The molecule has 200 valence electrons. The van der Waals surface area contributed by atoms with Gasteiger partial charge in [0.25, 0.3) is 0 Å². The molecule has 0 spiro atoms. The number of phenolic OH excluding ortho intramolecular Hbond substituents is 1. The van der Waals surface area contributed by atoms with E-state index in [-0.39, 0.29) is 34.0 Å². The number of aromatic hydroxyl groups is 1. The zero-order valence-corrected chi connectivity index (χ0v) is 20.7. The van der Waals surface area contributed by atoms with Gasteiger partial charge in [-0.05, 0) is 49.3 Å². The fourth-order valence-corrected chi connectivity index (χ4v) is 4.60. The van der Waals surface area contributed by atoms with E-state index >= 15 is 0 Å². The van der Waals surface area contributed by atoms with Gasteiger partial charge in [-0.15, -0.1) is 0 Å². The minimum Gasteiger partial charge on any atom is -0.507 e. The zero-order valence-electron chi connectivity index (χ0n) is 19.9. The van der Waals surface area contributed by atoms with Gasteiger partial charge < -0.3 is 5.11 Å². The van der Waals surface area contributed by atoms with Crippen molar-refractivity contribution in [3.8, 4) is 5.75 Å². The number of sulfonamides is 1. The Morgan fingerprint density at radius 2 is 1.87 bits per heavy atom. The highest BCUT2D eigenvalue weighted by Crippen LogP contribution is 2.35. The molecule has 0 radical (unpaired) electrons. The van der Waals surface area contributed by atoms with Crippen LogP contribution in [0.25, 0.3) is 5.57 Å². The Kier molecular flexibility index (Phi) is 6.88. The molecular formula is C24H21F4N5O4S. The molecule has 0 saturated heterocycles. The maximum Gasteiger partial charge on any atom is 0.511 e. The highest BCUT2D eigenvalue weighted by molar-refractivity contribution is 7.90. The number of alkyl halides is 3. The lowest BCUT2D eigenvalue weighted by Crippen LogP contribution is -2.59. The number of benzene rings is 2. The van der Waals surface area contributed by atoms with E-state index in [2.05, 4.69) is 15.6 Å². The van der Waals surface area contributed by atoms with E-state index in [1.54, 1.807) is 16.9 Å². The Labute approximate surface area is 214 Å². The number of hydrazone groups is 2. The van der Waals surface area contributed by atoms with Crippen molar-refractivity contribution in [1.82, 2.24) is 10.1 Å². The van der Waals surface area contributed by atoms with Crippen molar-refractivity contribution >= 4 is 38.6 Å². The summed E-state index contributed by atoms with van der Waals surface area (Å²) in [6, 6.07) is 9.98. The number of amides is 1. The van der Waals surface area contributed by atoms with Gasteiger partial charge in [-0.2, -0.15) is 33.1 Å². The number of carbonyl (C=O) groups excluding carboxylic acids is 1. The van der Waals surface area contributed by atoms with Crippen LogP contribution in [0.3, 0.4) is 0 Å². The number of nitrogens with one attached hydrogen (secondary N) is 2. The summed E-state index contributed by atoms with van der Waals surface area (Å²) >= 11 is 0. The zero-order chi connectivity index (χ0) is 27.9. The summed E-state index contributed by atoms with van der Waals surface area (Å²) in [6.45, 7) is 2.94. The van der Waals surface area contributed by atoms with Crippen LogP contribution in [0.15, 0.2) is 70.9 Å². The summed E-state index contributed by atoms with van der Waals surface area (Å²) in [5.74, 6) is -1.57. The van der Waals surface area contributed by atoms with E-state index in [0.717, 1.165) is 17.2 Å². The van der Waals surface area contributed by atoms with Gasteiger partial charge in [-0.25, -0.2) is 12.8 Å². The Balaban J connectivity index is 1.69. The van der Waals surface area contributed by atoms with Crippen molar-refractivity contribution in [3.63, 3.8) is 0 Å². The van der Waals surface area contributed by atoms with Crippen LogP contribution in [-0.2, 0) is 14.8 Å². The van der Waals surface area contributed by atoms with Crippen molar-refractivity contribution in [3.05, 3.63) is 77.6 Å². The molecule has 9 nitrogen and oxygen atoms in total. The second kappa shape index (κ2) is 9.68. The van der Waals surface area contributed by atoms with E-state index in [1.165, 1.54) is 50.3 Å². The molecule has 4 rings (SSSR count). The first-order chi connectivity index (χ1) is 17.7. The number of rotatable bonds is 6. The van der Waals surface area contributed by atoms with Crippen LogP contribution >= 0.6 is 0 Å². The second-order valence-corrected chi connectivity index (χ2v) is 10.2. The Morgan fingerprint density at radius 1 is 1.16 bits per heavy atom. The van der Waals surface area contributed by atoms with Gasteiger partial charge in [0.2, 0.25) is 0 Å². The fourth-order valence-electron chi connectivity index (χ4n) is 3.82. The number of carbonyl (C=O) groups is 1. The van der Waals surface area contributed by atoms with Crippen molar-refractivity contribution in [2.75, 3.05) is 5.01 Å². The quantitative estimate of drug-likeness (QED) is 0.287. The van der Waals surface area contributed by atoms with Gasteiger partial charge in [0, 0.05) is 12.0 Å². The molecule has 0 saturated carbocycles. The van der Waals surface area contributed by atoms with Crippen molar-refractivity contribution in [1.29, 1.82) is 0 Å². The highest BCUT2D eigenvalue weighted by atomic mass is 32.2. The van der Waals surface area contributed by atoms with Gasteiger partial charge in [-0.1, -0.05) is 36.4 Å². The van der Waals surface area contributed by atoms with Crippen molar-refractivity contribution < 1.29 is 35.9 Å². The van der Waals surface area contributed by atoms with Crippen LogP contribution in [0.2, 0.25) is 0 Å². The predicted molar refractivity (Wildman–Crippen MR) is 133 cm³/mol. The largest absolute Gasteiger partial charge is 0.511 e. The summed E-state index contributed by atoms with van der Waals surface area (Å²) in [5, 5.41) is 19.1. The number of hydrogen-bond acceptors (Lipinski definition) is 7. The first-order valence-electron chi connectivity index (χ1n) is 11.0. The second-order valence-electron chi connectivity index (χ2n) is 8.58. The molecule has 1 unspecified atom stereocenters. The van der Waals surface area contributed by atoms with E-state index in [0.29, 0.717) is 5.56 Å². The van der Waals surface area contributed by atoms with Gasteiger partial charge in [-0.3, -0.25) is 10.2 Å². The number of anilines is 1. The molecule has 1 atom stereocenters. The number of nitrogens with zero attached hydrogens (tertiary/aromatic N) is 3. The van der Waals surface area contributed by atoms with Crippen LogP contribution < -0.4 is 15.2 Å². The van der Waals surface area contributed by atoms with Crippen molar-refractivity contribution in [2.24, 2.45) is 10.2 Å². The van der Waals surface area contributed by atoms with Crippen LogP contribution in [0.4, 0.5) is 23.2 Å². The summed E-state index contributed by atoms with van der Waals surface area (Å²) in [5.41, 5.74) is -4.78. The summed E-state index contributed by atoms with van der Waals surface area (Å²) in [6.07, 6.45) is 3.45. The summed E-state index contributed by atoms with van der Waals surface area (Å²) < 4.78 is 79.7. The maximum atomic E-state index is 14.0. The van der Waals surface area contributed by atoms with Crippen LogP contribution in [0.5, 0.6) is 5.75 Å². The normalized spacial score (nSPS) is 21.1.